The predicted octanol–water partition coefficient (Wildman–Crippen LogP) is 18.6. The first-order valence-corrected chi connectivity index (χ1v) is 24.8. The number of hydrogen-bond donors (Lipinski definition) is 0. The highest BCUT2D eigenvalue weighted by molar-refractivity contribution is 6.26. The second-order valence-corrected chi connectivity index (χ2v) is 20.2. The molecule has 2 aliphatic rings. The Morgan fingerprint density at radius 1 is 0.257 bits per heavy atom. The minimum Gasteiger partial charge on any atom is -0.0622 e. The van der Waals surface area contributed by atoms with Gasteiger partial charge in [0.2, 0.25) is 0 Å². The van der Waals surface area contributed by atoms with Crippen molar-refractivity contribution in [2.75, 3.05) is 0 Å². The van der Waals surface area contributed by atoms with Gasteiger partial charge in [-0.3, -0.25) is 0 Å². The maximum absolute atomic E-state index is 2.54. The summed E-state index contributed by atoms with van der Waals surface area (Å²) in [6, 6.07) is 91.9. The van der Waals surface area contributed by atoms with Crippen molar-refractivity contribution in [3.63, 3.8) is 0 Å². The normalized spacial score (nSPS) is 14.1. The molecule has 0 heteroatoms. The molecule has 0 saturated heterocycles. The average Bonchev–Trinajstić information content (AvgIpc) is 3.88. The van der Waals surface area contributed by atoms with Crippen LogP contribution >= 0.6 is 0 Å². The molecule has 0 N–H and O–H groups in total. The van der Waals surface area contributed by atoms with Crippen LogP contribution < -0.4 is 0 Å². The molecule has 2 aliphatic carbocycles. The summed E-state index contributed by atoms with van der Waals surface area (Å²) in [7, 11) is 0. The van der Waals surface area contributed by atoms with E-state index in [-0.39, 0.29) is 5.41 Å². The van der Waals surface area contributed by atoms with Crippen LogP contribution in [0.4, 0.5) is 0 Å². The van der Waals surface area contributed by atoms with Crippen molar-refractivity contribution >= 4 is 64.6 Å². The molecule has 0 bridgehead atoms. The lowest BCUT2D eigenvalue weighted by molar-refractivity contribution is 0.661. The highest BCUT2D eigenvalue weighted by Gasteiger charge is 2.49. The first-order valence-electron chi connectivity index (χ1n) is 24.8. The lowest BCUT2D eigenvalue weighted by Gasteiger charge is -2.35. The van der Waals surface area contributed by atoms with Gasteiger partial charge in [0.1, 0.15) is 0 Å². The zero-order chi connectivity index (χ0) is 46.3. The molecule has 0 aromatic heterocycles. The zero-order valence-electron chi connectivity index (χ0n) is 39.1. The summed E-state index contributed by atoms with van der Waals surface area (Å²) in [6.45, 7) is 4.80. The lowest BCUT2D eigenvalue weighted by atomic mass is 9.65. The van der Waals surface area contributed by atoms with Gasteiger partial charge in [0.25, 0.3) is 0 Å². The van der Waals surface area contributed by atoms with Gasteiger partial charge in [0, 0.05) is 5.41 Å². The van der Waals surface area contributed by atoms with E-state index in [2.05, 4.69) is 257 Å². The standard InChI is InChI=1S/C70H46/c1-69(2)61-36-20-19-35-58(61)65-51-28-12-10-27-50(51)60(42-62(65)69)64-55-32-16-14-30-53(55)63(54-31-15-17-33-56(54)64)44-38-39-47-43(41-44)37-40-59-66-52-29-13-9-25-48(52)49-26-11-18-34-57(49)68(66)70(67(47)59,45-21-5-3-6-22-45)46-23-7-4-8-24-46/h3-42H,1-2H3. The predicted molar refractivity (Wildman–Crippen MR) is 297 cm³/mol. The lowest BCUT2D eigenvalue weighted by Crippen LogP contribution is -2.29. The molecule has 13 aromatic rings. The van der Waals surface area contributed by atoms with Crippen molar-refractivity contribution in [3.05, 3.63) is 276 Å². The molecule has 15 rings (SSSR count). The largest absolute Gasteiger partial charge is 0.0725 e. The molecule has 0 heterocycles. The Labute approximate surface area is 407 Å². The van der Waals surface area contributed by atoms with Gasteiger partial charge in [0.15, 0.2) is 0 Å². The van der Waals surface area contributed by atoms with Crippen LogP contribution in [-0.2, 0) is 10.8 Å². The van der Waals surface area contributed by atoms with Crippen molar-refractivity contribution in [2.24, 2.45) is 0 Å². The van der Waals surface area contributed by atoms with E-state index < -0.39 is 5.41 Å². The van der Waals surface area contributed by atoms with Gasteiger partial charge >= 0.3 is 0 Å². The molecule has 326 valence electrons. The number of hydrogen-bond acceptors (Lipinski definition) is 0. The molecule has 0 spiro atoms. The minimum atomic E-state index is -0.590. The van der Waals surface area contributed by atoms with Crippen LogP contribution in [-0.4, -0.2) is 0 Å². The van der Waals surface area contributed by atoms with E-state index in [4.69, 9.17) is 0 Å². The van der Waals surface area contributed by atoms with Crippen molar-refractivity contribution in [1.82, 2.24) is 0 Å². The van der Waals surface area contributed by atoms with Gasteiger partial charge in [-0.05, 0) is 155 Å². The van der Waals surface area contributed by atoms with Crippen LogP contribution in [0.2, 0.25) is 0 Å². The van der Waals surface area contributed by atoms with E-state index in [0.29, 0.717) is 0 Å². The summed E-state index contributed by atoms with van der Waals surface area (Å²) < 4.78 is 0. The average molecular weight is 887 g/mol. The van der Waals surface area contributed by atoms with Crippen LogP contribution in [0.5, 0.6) is 0 Å². The van der Waals surface area contributed by atoms with Crippen LogP contribution in [0.3, 0.4) is 0 Å². The van der Waals surface area contributed by atoms with Crippen molar-refractivity contribution in [3.8, 4) is 44.5 Å². The van der Waals surface area contributed by atoms with Crippen LogP contribution in [0, 0.1) is 0 Å². The summed E-state index contributed by atoms with van der Waals surface area (Å²) >= 11 is 0. The van der Waals surface area contributed by atoms with Gasteiger partial charge in [-0.25, -0.2) is 0 Å². The maximum Gasteiger partial charge on any atom is 0.0725 e. The van der Waals surface area contributed by atoms with E-state index in [1.54, 1.807) is 0 Å². The molecule has 13 aromatic carbocycles. The maximum atomic E-state index is 2.54. The Kier molecular flexibility index (Phi) is 8.15. The Morgan fingerprint density at radius 2 is 0.729 bits per heavy atom. The van der Waals surface area contributed by atoms with E-state index in [1.807, 2.05) is 0 Å². The smallest absolute Gasteiger partial charge is 0.0622 e. The minimum absolute atomic E-state index is 0.137. The van der Waals surface area contributed by atoms with E-state index in [9.17, 15) is 0 Å². The summed E-state index contributed by atoms with van der Waals surface area (Å²) in [5, 5.41) is 15.3. The number of benzene rings is 13. The fraction of sp³-hybridized carbons (Fsp3) is 0.0571. The van der Waals surface area contributed by atoms with Gasteiger partial charge in [-0.2, -0.15) is 0 Å². The molecular weight excluding hydrogens is 841 g/mol. The van der Waals surface area contributed by atoms with Gasteiger partial charge in [-0.15, -0.1) is 0 Å². The fourth-order valence-electron chi connectivity index (χ4n) is 13.6. The summed E-state index contributed by atoms with van der Waals surface area (Å²) in [5.74, 6) is 0. The van der Waals surface area contributed by atoms with Crippen molar-refractivity contribution in [2.45, 2.75) is 24.7 Å². The molecule has 0 radical (unpaired) electrons. The Balaban J connectivity index is 1.02. The topological polar surface area (TPSA) is 0 Å². The second-order valence-electron chi connectivity index (χ2n) is 20.2. The molecule has 0 amide bonds. The van der Waals surface area contributed by atoms with Crippen LogP contribution in [0.25, 0.3) is 109 Å². The summed E-state index contributed by atoms with van der Waals surface area (Å²) in [4.78, 5) is 0. The quantitative estimate of drug-likeness (QED) is 0.122. The molecule has 0 fully saturated rings. The Morgan fingerprint density at radius 3 is 1.34 bits per heavy atom. The molecule has 0 saturated carbocycles. The van der Waals surface area contributed by atoms with E-state index in [1.165, 1.54) is 143 Å². The SMILES string of the molecule is CC1(C)c2ccccc2-c2c1cc(-c1c3ccccc3c(-c3ccc4c5c(ccc4c3)-c3c(c4ccccc4c4ccccc34)C5(c3ccccc3)c3ccccc3)c3ccccc13)c1ccccc21. The van der Waals surface area contributed by atoms with Gasteiger partial charge in [0.05, 0.1) is 5.41 Å². The highest BCUT2D eigenvalue weighted by atomic mass is 14.5. The third-order valence-corrected chi connectivity index (χ3v) is 16.5. The molecular formula is C70H46. The monoisotopic (exact) mass is 886 g/mol. The van der Waals surface area contributed by atoms with E-state index >= 15 is 0 Å². The zero-order valence-corrected chi connectivity index (χ0v) is 39.1. The van der Waals surface area contributed by atoms with Crippen LogP contribution in [0.15, 0.2) is 243 Å². The number of rotatable bonds is 4. The van der Waals surface area contributed by atoms with Crippen LogP contribution in [0.1, 0.15) is 47.2 Å². The van der Waals surface area contributed by atoms with Gasteiger partial charge in [-0.1, -0.05) is 244 Å². The first kappa shape index (κ1) is 39.4. The first-order chi connectivity index (χ1) is 34.5. The molecule has 0 unspecified atom stereocenters. The van der Waals surface area contributed by atoms with E-state index in [0.717, 1.165) is 0 Å². The summed E-state index contributed by atoms with van der Waals surface area (Å²) in [5.41, 5.74) is 17.8. The summed E-state index contributed by atoms with van der Waals surface area (Å²) in [6.07, 6.45) is 0. The third-order valence-electron chi connectivity index (χ3n) is 16.5. The molecule has 0 aliphatic heterocycles. The highest BCUT2D eigenvalue weighted by Crippen LogP contribution is 2.62. The van der Waals surface area contributed by atoms with Gasteiger partial charge < -0.3 is 0 Å². The van der Waals surface area contributed by atoms with Crippen molar-refractivity contribution in [1.29, 1.82) is 0 Å². The number of fused-ring (bicyclic) bond motifs is 17. The molecule has 0 atom stereocenters. The Hall–Kier alpha value is -8.58. The third kappa shape index (κ3) is 5.10. The second kappa shape index (κ2) is 14.5. The fourth-order valence-corrected chi connectivity index (χ4v) is 13.6. The Bertz CT molecular complexity index is 4270. The molecule has 0 nitrogen and oxygen atoms in total. The van der Waals surface area contributed by atoms with Crippen molar-refractivity contribution < 1.29 is 0 Å². The molecule has 70 heavy (non-hydrogen) atoms.